The molecule has 0 aromatic heterocycles. The molecule has 0 radical (unpaired) electrons. The third kappa shape index (κ3) is 3.80. The molecule has 0 atom stereocenters. The van der Waals surface area contributed by atoms with E-state index in [0.29, 0.717) is 0 Å². The normalized spacial score (nSPS) is 11.4. The smallest absolute Gasteiger partial charge is 0.426 e. The molecule has 0 bridgehead atoms. The molecule has 0 saturated carbocycles. The van der Waals surface area contributed by atoms with Crippen molar-refractivity contribution in [2.24, 2.45) is 0 Å². The third-order valence-electron chi connectivity index (χ3n) is 3.76. The highest BCUT2D eigenvalue weighted by molar-refractivity contribution is 6.30. The Morgan fingerprint density at radius 3 is 2.00 bits per heavy atom. The van der Waals surface area contributed by atoms with Crippen molar-refractivity contribution in [2.75, 3.05) is 0 Å². The van der Waals surface area contributed by atoms with E-state index in [4.69, 9.17) is 11.6 Å². The number of alkyl halides is 2. The Morgan fingerprint density at radius 1 is 0.840 bits per heavy atom. The van der Waals surface area contributed by atoms with Crippen molar-refractivity contribution in [3.8, 4) is 16.9 Å². The number of aryl methyl sites for hydroxylation is 1. The summed E-state index contributed by atoms with van der Waals surface area (Å²) in [6.07, 6.45) is -3.68. The molecule has 3 aromatic carbocycles. The van der Waals surface area contributed by atoms with Crippen LogP contribution in [0.25, 0.3) is 11.1 Å². The highest BCUT2D eigenvalue weighted by atomic mass is 35.5. The van der Waals surface area contributed by atoms with E-state index in [1.165, 1.54) is 24.3 Å². The fraction of sp³-hybridized carbons (Fsp3) is 0.100. The Balaban J connectivity index is 1.85. The van der Waals surface area contributed by atoms with Crippen LogP contribution in [0.2, 0.25) is 5.02 Å². The maximum atomic E-state index is 14.3. The van der Waals surface area contributed by atoms with Gasteiger partial charge in [-0.1, -0.05) is 59.6 Å². The standard InChI is InChI=1S/C20H14ClF3O/c1-13-5-7-14(8-6-13)15-9-11-16(12-10-15)20(23,24)25-18-4-2-3-17(21)19(18)22/h2-12H,1H3. The number of halogens is 4. The van der Waals surface area contributed by atoms with Crippen molar-refractivity contribution < 1.29 is 17.9 Å². The molecule has 128 valence electrons. The van der Waals surface area contributed by atoms with E-state index in [-0.39, 0.29) is 10.6 Å². The summed E-state index contributed by atoms with van der Waals surface area (Å²) < 4.78 is 47.0. The van der Waals surface area contributed by atoms with Gasteiger partial charge in [-0.2, -0.15) is 8.78 Å². The van der Waals surface area contributed by atoms with Crippen LogP contribution in [0.15, 0.2) is 66.7 Å². The molecule has 0 amide bonds. The van der Waals surface area contributed by atoms with E-state index in [0.717, 1.165) is 22.8 Å². The first-order valence-electron chi connectivity index (χ1n) is 7.55. The summed E-state index contributed by atoms with van der Waals surface area (Å²) in [5, 5.41) is -0.275. The van der Waals surface area contributed by atoms with Gasteiger partial charge in [-0.15, -0.1) is 0 Å². The maximum Gasteiger partial charge on any atom is 0.426 e. The summed E-state index contributed by atoms with van der Waals surface area (Å²) in [7, 11) is 0. The van der Waals surface area contributed by atoms with Crippen molar-refractivity contribution >= 4 is 11.6 Å². The van der Waals surface area contributed by atoms with Crippen LogP contribution in [0.1, 0.15) is 11.1 Å². The number of benzene rings is 3. The molecule has 0 fully saturated rings. The predicted molar refractivity (Wildman–Crippen MR) is 92.5 cm³/mol. The van der Waals surface area contributed by atoms with Crippen molar-refractivity contribution in [3.63, 3.8) is 0 Å². The van der Waals surface area contributed by atoms with E-state index in [1.54, 1.807) is 12.1 Å². The molecule has 0 aliphatic carbocycles. The summed E-state index contributed by atoms with van der Waals surface area (Å²) in [4.78, 5) is 0. The van der Waals surface area contributed by atoms with Crippen molar-refractivity contribution in [3.05, 3.63) is 88.7 Å². The van der Waals surface area contributed by atoms with E-state index >= 15 is 0 Å². The number of ether oxygens (including phenoxy) is 1. The summed E-state index contributed by atoms with van der Waals surface area (Å²) >= 11 is 5.59. The summed E-state index contributed by atoms with van der Waals surface area (Å²) in [5.41, 5.74) is 2.46. The zero-order chi connectivity index (χ0) is 18.0. The Morgan fingerprint density at radius 2 is 1.40 bits per heavy atom. The Labute approximate surface area is 148 Å². The molecule has 0 aliphatic rings. The first-order valence-corrected chi connectivity index (χ1v) is 7.93. The van der Waals surface area contributed by atoms with Gasteiger partial charge in [-0.25, -0.2) is 4.39 Å². The van der Waals surface area contributed by atoms with Gasteiger partial charge in [-0.05, 0) is 42.3 Å². The summed E-state index contributed by atoms with van der Waals surface area (Å²) in [6.45, 7) is 1.97. The minimum absolute atomic E-state index is 0.275. The van der Waals surface area contributed by atoms with Gasteiger partial charge in [0, 0.05) is 0 Å². The zero-order valence-corrected chi connectivity index (χ0v) is 14.0. The fourth-order valence-electron chi connectivity index (χ4n) is 2.36. The van der Waals surface area contributed by atoms with Crippen LogP contribution in [-0.2, 0) is 6.11 Å². The van der Waals surface area contributed by atoms with Crippen LogP contribution < -0.4 is 4.74 Å². The fourth-order valence-corrected chi connectivity index (χ4v) is 2.53. The Hall–Kier alpha value is -2.46. The third-order valence-corrected chi connectivity index (χ3v) is 4.05. The van der Waals surface area contributed by atoms with Gasteiger partial charge in [-0.3, -0.25) is 0 Å². The largest absolute Gasteiger partial charge is 0.426 e. The maximum absolute atomic E-state index is 14.3. The average molecular weight is 363 g/mol. The molecular weight excluding hydrogens is 349 g/mol. The zero-order valence-electron chi connectivity index (χ0n) is 13.3. The van der Waals surface area contributed by atoms with Gasteiger partial charge < -0.3 is 4.74 Å². The SMILES string of the molecule is Cc1ccc(-c2ccc(C(F)(F)Oc3cccc(Cl)c3F)cc2)cc1. The van der Waals surface area contributed by atoms with Crippen LogP contribution in [0.4, 0.5) is 13.2 Å². The van der Waals surface area contributed by atoms with Gasteiger partial charge in [0.1, 0.15) is 0 Å². The van der Waals surface area contributed by atoms with Crippen LogP contribution in [-0.4, -0.2) is 0 Å². The molecule has 0 aliphatic heterocycles. The first kappa shape index (κ1) is 17.4. The molecule has 0 saturated heterocycles. The monoisotopic (exact) mass is 362 g/mol. The lowest BCUT2D eigenvalue weighted by Gasteiger charge is -2.19. The number of rotatable bonds is 4. The molecular formula is C20H14ClF3O. The molecule has 3 rings (SSSR count). The van der Waals surface area contributed by atoms with Gasteiger partial charge in [0.15, 0.2) is 11.6 Å². The molecule has 0 unspecified atom stereocenters. The second kappa shape index (κ2) is 6.81. The molecule has 1 nitrogen and oxygen atoms in total. The van der Waals surface area contributed by atoms with E-state index in [2.05, 4.69) is 4.74 Å². The summed E-state index contributed by atoms with van der Waals surface area (Å²) in [5.74, 6) is -1.61. The van der Waals surface area contributed by atoms with Crippen LogP contribution in [0, 0.1) is 12.7 Å². The highest BCUT2D eigenvalue weighted by Crippen LogP contribution is 2.35. The minimum atomic E-state index is -3.68. The topological polar surface area (TPSA) is 9.23 Å². The highest BCUT2D eigenvalue weighted by Gasteiger charge is 2.35. The second-order valence-electron chi connectivity index (χ2n) is 5.61. The van der Waals surface area contributed by atoms with Gasteiger partial charge in [0.05, 0.1) is 10.6 Å². The van der Waals surface area contributed by atoms with Gasteiger partial charge >= 0.3 is 6.11 Å². The van der Waals surface area contributed by atoms with E-state index in [9.17, 15) is 13.2 Å². The second-order valence-corrected chi connectivity index (χ2v) is 6.02. The Bertz CT molecular complexity index is 874. The lowest BCUT2D eigenvalue weighted by atomic mass is 10.0. The number of hydrogen-bond acceptors (Lipinski definition) is 1. The molecule has 0 spiro atoms. The molecule has 3 aromatic rings. The van der Waals surface area contributed by atoms with E-state index < -0.39 is 17.7 Å². The lowest BCUT2D eigenvalue weighted by molar-refractivity contribution is -0.186. The average Bonchev–Trinajstić information content (AvgIpc) is 2.60. The van der Waals surface area contributed by atoms with Gasteiger partial charge in [0.25, 0.3) is 0 Å². The van der Waals surface area contributed by atoms with Crippen LogP contribution >= 0.6 is 11.6 Å². The molecule has 0 N–H and O–H groups in total. The quantitative estimate of drug-likeness (QED) is 0.509. The van der Waals surface area contributed by atoms with Crippen LogP contribution in [0.3, 0.4) is 0 Å². The molecule has 0 heterocycles. The van der Waals surface area contributed by atoms with Crippen molar-refractivity contribution in [1.82, 2.24) is 0 Å². The van der Waals surface area contributed by atoms with E-state index in [1.807, 2.05) is 31.2 Å². The van der Waals surface area contributed by atoms with Crippen LogP contribution in [0.5, 0.6) is 5.75 Å². The lowest BCUT2D eigenvalue weighted by Crippen LogP contribution is -2.22. The summed E-state index contributed by atoms with van der Waals surface area (Å²) in [6, 6.07) is 17.1. The first-order chi connectivity index (χ1) is 11.9. The number of hydrogen-bond donors (Lipinski definition) is 0. The molecule has 5 heteroatoms. The minimum Gasteiger partial charge on any atom is -0.426 e. The van der Waals surface area contributed by atoms with Crippen molar-refractivity contribution in [1.29, 1.82) is 0 Å². The Kier molecular flexibility index (Phi) is 4.73. The predicted octanol–water partition coefficient (Wildman–Crippen LogP) is 6.58. The molecule has 25 heavy (non-hydrogen) atoms. The van der Waals surface area contributed by atoms with Gasteiger partial charge in [0.2, 0.25) is 0 Å². The van der Waals surface area contributed by atoms with Crippen molar-refractivity contribution in [2.45, 2.75) is 13.0 Å².